The molecule has 0 aliphatic heterocycles. The molecule has 0 bridgehead atoms. The summed E-state index contributed by atoms with van der Waals surface area (Å²) in [6.45, 7) is 5.63. The molecule has 0 amide bonds. The minimum absolute atomic E-state index is 0.0689. The molecule has 0 saturated heterocycles. The maximum atomic E-state index is 11.1. The second-order valence-electron chi connectivity index (χ2n) is 3.89. The summed E-state index contributed by atoms with van der Waals surface area (Å²) in [5.74, 6) is 0.841. The van der Waals surface area contributed by atoms with Crippen LogP contribution in [0.2, 0.25) is 0 Å². The highest BCUT2D eigenvalue weighted by Gasteiger charge is 1.99. The first-order chi connectivity index (χ1) is 8.24. The Hall–Kier alpha value is -1.35. The van der Waals surface area contributed by atoms with Crippen LogP contribution in [0.15, 0.2) is 24.3 Å². The van der Waals surface area contributed by atoms with E-state index in [9.17, 15) is 4.79 Å². The van der Waals surface area contributed by atoms with Gasteiger partial charge in [0.15, 0.2) is 5.78 Å². The van der Waals surface area contributed by atoms with Crippen LogP contribution in [0.25, 0.3) is 0 Å². The predicted octanol–water partition coefficient (Wildman–Crippen LogP) is 3.08. The highest BCUT2D eigenvalue weighted by Crippen LogP contribution is 2.12. The molecule has 0 aromatic heterocycles. The molecule has 1 aromatic rings. The Bertz CT molecular complexity index is 330. The Morgan fingerprint density at radius 2 is 1.82 bits per heavy atom. The second-order valence-corrected chi connectivity index (χ2v) is 3.89. The molecule has 0 aliphatic rings. The van der Waals surface area contributed by atoms with E-state index in [1.165, 1.54) is 0 Å². The number of rotatable bonds is 8. The summed E-state index contributed by atoms with van der Waals surface area (Å²) in [7, 11) is 0. The third kappa shape index (κ3) is 5.50. The number of benzene rings is 1. The molecule has 0 radical (unpaired) electrons. The summed E-state index contributed by atoms with van der Waals surface area (Å²) in [5.41, 5.74) is 0.705. The molecule has 3 nitrogen and oxygen atoms in total. The van der Waals surface area contributed by atoms with Crippen LogP contribution < -0.4 is 4.74 Å². The van der Waals surface area contributed by atoms with Crippen LogP contribution in [0.3, 0.4) is 0 Å². The van der Waals surface area contributed by atoms with E-state index >= 15 is 0 Å². The lowest BCUT2D eigenvalue weighted by Gasteiger charge is -2.07. The lowest BCUT2D eigenvalue weighted by atomic mass is 10.1. The lowest BCUT2D eigenvalue weighted by molar-refractivity contribution is 0.0979. The first-order valence-electron chi connectivity index (χ1n) is 6.05. The minimum atomic E-state index is 0.0689. The molecule has 0 saturated carbocycles. The van der Waals surface area contributed by atoms with Crippen LogP contribution in [-0.4, -0.2) is 25.6 Å². The Morgan fingerprint density at radius 3 is 2.41 bits per heavy atom. The van der Waals surface area contributed by atoms with E-state index in [2.05, 4.69) is 6.92 Å². The van der Waals surface area contributed by atoms with Crippen molar-refractivity contribution >= 4 is 5.78 Å². The molecule has 0 spiro atoms. The summed E-state index contributed by atoms with van der Waals surface area (Å²) in [6.07, 6.45) is 2.24. The standard InChI is InChI=1S/C14H20O3/c1-3-4-9-16-10-11-17-14-7-5-13(6-8-14)12(2)15/h5-8H,3-4,9-11H2,1-2H3. The number of ether oxygens (including phenoxy) is 2. The van der Waals surface area contributed by atoms with Gasteiger partial charge in [-0.05, 0) is 37.6 Å². The van der Waals surface area contributed by atoms with Gasteiger partial charge in [0.25, 0.3) is 0 Å². The number of ketones is 1. The fraction of sp³-hybridized carbons (Fsp3) is 0.500. The van der Waals surface area contributed by atoms with E-state index in [1.807, 2.05) is 12.1 Å². The first kappa shape index (κ1) is 13.7. The van der Waals surface area contributed by atoms with E-state index < -0.39 is 0 Å². The number of Topliss-reactive ketones (excluding diaryl/α,β-unsaturated/α-hetero) is 1. The average molecular weight is 236 g/mol. The molecule has 17 heavy (non-hydrogen) atoms. The predicted molar refractivity (Wildman–Crippen MR) is 67.7 cm³/mol. The number of unbranched alkanes of at least 4 members (excludes halogenated alkanes) is 1. The molecule has 0 aliphatic carbocycles. The fourth-order valence-corrected chi connectivity index (χ4v) is 1.35. The van der Waals surface area contributed by atoms with Gasteiger partial charge in [-0.3, -0.25) is 4.79 Å². The summed E-state index contributed by atoms with van der Waals surface area (Å²) >= 11 is 0. The van der Waals surface area contributed by atoms with Gasteiger partial charge in [0.1, 0.15) is 12.4 Å². The van der Waals surface area contributed by atoms with E-state index in [0.29, 0.717) is 18.8 Å². The zero-order chi connectivity index (χ0) is 12.5. The smallest absolute Gasteiger partial charge is 0.159 e. The minimum Gasteiger partial charge on any atom is -0.491 e. The zero-order valence-electron chi connectivity index (χ0n) is 10.6. The van der Waals surface area contributed by atoms with Crippen LogP contribution in [0.1, 0.15) is 37.0 Å². The van der Waals surface area contributed by atoms with E-state index in [-0.39, 0.29) is 5.78 Å². The van der Waals surface area contributed by atoms with E-state index in [4.69, 9.17) is 9.47 Å². The van der Waals surface area contributed by atoms with Crippen LogP contribution in [0.5, 0.6) is 5.75 Å². The maximum Gasteiger partial charge on any atom is 0.159 e. The normalized spacial score (nSPS) is 10.2. The average Bonchev–Trinajstić information content (AvgIpc) is 2.34. The third-order valence-electron chi connectivity index (χ3n) is 2.40. The third-order valence-corrected chi connectivity index (χ3v) is 2.40. The molecular formula is C14H20O3. The highest BCUT2D eigenvalue weighted by molar-refractivity contribution is 5.94. The summed E-state index contributed by atoms with van der Waals surface area (Å²) in [6, 6.07) is 7.16. The van der Waals surface area contributed by atoms with Crippen molar-refractivity contribution < 1.29 is 14.3 Å². The van der Waals surface area contributed by atoms with Crippen LogP contribution in [0.4, 0.5) is 0 Å². The van der Waals surface area contributed by atoms with Crippen molar-refractivity contribution in [3.63, 3.8) is 0 Å². The fourth-order valence-electron chi connectivity index (χ4n) is 1.35. The van der Waals surface area contributed by atoms with Gasteiger partial charge in [0, 0.05) is 12.2 Å². The molecule has 1 rings (SSSR count). The molecule has 3 heteroatoms. The van der Waals surface area contributed by atoms with Crippen LogP contribution >= 0.6 is 0 Å². The van der Waals surface area contributed by atoms with Crippen molar-refractivity contribution in [1.82, 2.24) is 0 Å². The molecule has 0 atom stereocenters. The van der Waals surface area contributed by atoms with Gasteiger partial charge in [-0.2, -0.15) is 0 Å². The SMILES string of the molecule is CCCCOCCOc1ccc(C(C)=O)cc1. The van der Waals surface area contributed by atoms with Gasteiger partial charge in [0.2, 0.25) is 0 Å². The van der Waals surface area contributed by atoms with Crippen LogP contribution in [0, 0.1) is 0 Å². The van der Waals surface area contributed by atoms with Gasteiger partial charge >= 0.3 is 0 Å². The van der Waals surface area contributed by atoms with Gasteiger partial charge in [-0.15, -0.1) is 0 Å². The van der Waals surface area contributed by atoms with Gasteiger partial charge in [-0.25, -0.2) is 0 Å². The van der Waals surface area contributed by atoms with Crippen molar-refractivity contribution in [2.75, 3.05) is 19.8 Å². The number of carbonyl (C=O) groups is 1. The molecule has 94 valence electrons. The van der Waals surface area contributed by atoms with Gasteiger partial charge < -0.3 is 9.47 Å². The number of hydrogen-bond donors (Lipinski definition) is 0. The van der Waals surface area contributed by atoms with Gasteiger partial charge in [0.05, 0.1) is 6.61 Å². The molecule has 1 aromatic carbocycles. The molecular weight excluding hydrogens is 216 g/mol. The summed E-state index contributed by atoms with van der Waals surface area (Å²) in [5, 5.41) is 0. The van der Waals surface area contributed by atoms with Crippen molar-refractivity contribution in [3.8, 4) is 5.75 Å². The van der Waals surface area contributed by atoms with Crippen molar-refractivity contribution in [2.45, 2.75) is 26.7 Å². The van der Waals surface area contributed by atoms with Crippen molar-refractivity contribution in [3.05, 3.63) is 29.8 Å². The summed E-state index contributed by atoms with van der Waals surface area (Å²) < 4.78 is 10.9. The monoisotopic (exact) mass is 236 g/mol. The molecule has 0 heterocycles. The Labute approximate surface area is 103 Å². The Morgan fingerprint density at radius 1 is 1.12 bits per heavy atom. The van der Waals surface area contributed by atoms with E-state index in [0.717, 1.165) is 25.2 Å². The second kappa shape index (κ2) is 7.85. The number of carbonyl (C=O) groups excluding carboxylic acids is 1. The largest absolute Gasteiger partial charge is 0.491 e. The number of hydrogen-bond acceptors (Lipinski definition) is 3. The first-order valence-corrected chi connectivity index (χ1v) is 6.05. The van der Waals surface area contributed by atoms with Gasteiger partial charge in [-0.1, -0.05) is 13.3 Å². The molecule has 0 unspecified atom stereocenters. The molecule has 0 fully saturated rings. The van der Waals surface area contributed by atoms with Crippen molar-refractivity contribution in [2.24, 2.45) is 0 Å². The maximum absolute atomic E-state index is 11.1. The quantitative estimate of drug-likeness (QED) is 0.514. The Balaban J connectivity index is 2.21. The molecule has 0 N–H and O–H groups in total. The summed E-state index contributed by atoms with van der Waals surface area (Å²) in [4.78, 5) is 11.1. The van der Waals surface area contributed by atoms with Crippen LogP contribution in [-0.2, 0) is 4.74 Å². The highest BCUT2D eigenvalue weighted by atomic mass is 16.5. The van der Waals surface area contributed by atoms with Crippen molar-refractivity contribution in [1.29, 1.82) is 0 Å². The van der Waals surface area contributed by atoms with E-state index in [1.54, 1.807) is 19.1 Å². The topological polar surface area (TPSA) is 35.5 Å². The Kier molecular flexibility index (Phi) is 6.33. The zero-order valence-corrected chi connectivity index (χ0v) is 10.6. The lowest BCUT2D eigenvalue weighted by Crippen LogP contribution is -2.07.